The smallest absolute Gasteiger partial charge is 0.235 e. The van der Waals surface area contributed by atoms with Crippen LogP contribution < -0.4 is 14.8 Å². The van der Waals surface area contributed by atoms with Crippen LogP contribution in [0, 0.1) is 0 Å². The van der Waals surface area contributed by atoms with Crippen LogP contribution in [-0.4, -0.2) is 35.1 Å². The number of H-pyrrole nitrogens is 1. The number of aromatic nitrogens is 2. The molecule has 0 spiro atoms. The average Bonchev–Trinajstić information content (AvgIpc) is 2.90. The van der Waals surface area contributed by atoms with Gasteiger partial charge in [-0.25, -0.2) is 0 Å². The molecule has 1 aliphatic heterocycles. The van der Waals surface area contributed by atoms with Crippen molar-refractivity contribution in [2.75, 3.05) is 18.2 Å². The first-order valence-electron chi connectivity index (χ1n) is 7.37. The number of aromatic amines is 1. The zero-order chi connectivity index (χ0) is 16.4. The molecule has 1 aliphatic rings. The number of benzene rings is 1. The second-order valence-electron chi connectivity index (χ2n) is 5.52. The van der Waals surface area contributed by atoms with Gasteiger partial charge in [0.25, 0.3) is 0 Å². The third kappa shape index (κ3) is 3.29. The van der Waals surface area contributed by atoms with Crippen LogP contribution in [0.3, 0.4) is 0 Å². The van der Waals surface area contributed by atoms with Gasteiger partial charge in [0.05, 0.1) is 30.4 Å². The van der Waals surface area contributed by atoms with Gasteiger partial charge < -0.3 is 14.8 Å². The maximum absolute atomic E-state index is 11.8. The number of thioether (sulfide) groups is 1. The molecule has 2 N–H and O–H groups in total. The van der Waals surface area contributed by atoms with E-state index in [2.05, 4.69) is 15.5 Å². The molecular formula is C16H19N3O3S. The molecule has 23 heavy (non-hydrogen) atoms. The third-order valence-corrected chi connectivity index (χ3v) is 4.74. The Morgan fingerprint density at radius 2 is 2.17 bits per heavy atom. The third-order valence-electron chi connectivity index (χ3n) is 3.45. The fraction of sp³-hybridized carbons (Fsp3) is 0.375. The van der Waals surface area contributed by atoms with Crippen molar-refractivity contribution in [2.24, 2.45) is 0 Å². The quantitative estimate of drug-likeness (QED) is 0.899. The fourth-order valence-electron chi connectivity index (χ4n) is 2.49. The van der Waals surface area contributed by atoms with E-state index in [0.29, 0.717) is 23.1 Å². The van der Waals surface area contributed by atoms with Gasteiger partial charge in [0.1, 0.15) is 5.82 Å². The Hall–Kier alpha value is -2.15. The van der Waals surface area contributed by atoms with Gasteiger partial charge in [-0.15, -0.1) is 11.8 Å². The van der Waals surface area contributed by atoms with Crippen LogP contribution in [0.25, 0.3) is 0 Å². The molecule has 2 aromatic rings. The Kier molecular flexibility index (Phi) is 4.47. The second kappa shape index (κ2) is 6.54. The highest BCUT2D eigenvalue weighted by atomic mass is 32.2. The van der Waals surface area contributed by atoms with E-state index >= 15 is 0 Å². The molecule has 1 aromatic carbocycles. The molecule has 3 rings (SSSR count). The van der Waals surface area contributed by atoms with Crippen LogP contribution in [-0.2, 0) is 4.79 Å². The number of amides is 1. The van der Waals surface area contributed by atoms with E-state index in [1.807, 2.05) is 32.0 Å². The molecule has 6 nitrogen and oxygen atoms in total. The van der Waals surface area contributed by atoms with Crippen LogP contribution in [0.15, 0.2) is 24.4 Å². The predicted molar refractivity (Wildman–Crippen MR) is 90.3 cm³/mol. The van der Waals surface area contributed by atoms with Crippen molar-refractivity contribution in [1.29, 1.82) is 0 Å². The summed E-state index contributed by atoms with van der Waals surface area (Å²) in [5.41, 5.74) is 2.00. The molecule has 122 valence electrons. The number of methoxy groups -OCH3 is 1. The number of carbonyl (C=O) groups excluding carboxylic acids is 1. The minimum absolute atomic E-state index is 0.00435. The Bertz CT molecular complexity index is 714. The summed E-state index contributed by atoms with van der Waals surface area (Å²) in [7, 11) is 1.63. The normalized spacial score (nSPS) is 17.4. The summed E-state index contributed by atoms with van der Waals surface area (Å²) in [4.78, 5) is 11.8. The largest absolute Gasteiger partial charge is 0.493 e. The van der Waals surface area contributed by atoms with Crippen LogP contribution in [0.5, 0.6) is 11.5 Å². The van der Waals surface area contributed by atoms with E-state index in [1.165, 1.54) is 0 Å². The first-order chi connectivity index (χ1) is 11.1. The van der Waals surface area contributed by atoms with Crippen molar-refractivity contribution in [3.63, 3.8) is 0 Å². The van der Waals surface area contributed by atoms with Crippen molar-refractivity contribution in [2.45, 2.75) is 25.2 Å². The van der Waals surface area contributed by atoms with E-state index in [0.717, 1.165) is 11.1 Å². The SMILES string of the molecule is COc1cc(C2SCC(=O)Nc3[nH]ncc32)ccc1OC(C)C. The number of ether oxygens (including phenoxy) is 2. The van der Waals surface area contributed by atoms with Gasteiger partial charge in [-0.2, -0.15) is 5.10 Å². The molecule has 1 atom stereocenters. The summed E-state index contributed by atoms with van der Waals surface area (Å²) >= 11 is 1.56. The maximum atomic E-state index is 11.8. The summed E-state index contributed by atoms with van der Waals surface area (Å²) < 4.78 is 11.2. The lowest BCUT2D eigenvalue weighted by atomic mass is 10.1. The van der Waals surface area contributed by atoms with Gasteiger partial charge >= 0.3 is 0 Å². The number of hydrogen-bond donors (Lipinski definition) is 2. The number of nitrogens with zero attached hydrogens (tertiary/aromatic N) is 1. The first-order valence-corrected chi connectivity index (χ1v) is 8.42. The highest BCUT2D eigenvalue weighted by Crippen LogP contribution is 2.43. The Labute approximate surface area is 138 Å². The minimum Gasteiger partial charge on any atom is -0.493 e. The van der Waals surface area contributed by atoms with E-state index in [4.69, 9.17) is 9.47 Å². The molecule has 0 fully saturated rings. The summed E-state index contributed by atoms with van der Waals surface area (Å²) in [6, 6.07) is 5.88. The summed E-state index contributed by atoms with van der Waals surface area (Å²) in [5.74, 6) is 2.41. The number of nitrogens with one attached hydrogen (secondary N) is 2. The number of carbonyl (C=O) groups is 1. The van der Waals surface area contributed by atoms with E-state index in [9.17, 15) is 4.79 Å². The molecule has 1 amide bonds. The van der Waals surface area contributed by atoms with E-state index in [1.54, 1.807) is 25.1 Å². The molecule has 0 radical (unpaired) electrons. The molecule has 1 unspecified atom stereocenters. The topological polar surface area (TPSA) is 76.2 Å². The highest BCUT2D eigenvalue weighted by Gasteiger charge is 2.26. The lowest BCUT2D eigenvalue weighted by molar-refractivity contribution is -0.113. The number of fused-ring (bicyclic) bond motifs is 1. The fourth-order valence-corrected chi connectivity index (χ4v) is 3.58. The lowest BCUT2D eigenvalue weighted by Gasteiger charge is -2.18. The Balaban J connectivity index is 1.97. The maximum Gasteiger partial charge on any atom is 0.235 e. The zero-order valence-corrected chi connectivity index (χ0v) is 14.1. The number of anilines is 1. The number of rotatable bonds is 4. The molecule has 1 aromatic heterocycles. The van der Waals surface area contributed by atoms with Gasteiger partial charge in [-0.1, -0.05) is 6.07 Å². The number of hydrogen-bond acceptors (Lipinski definition) is 5. The summed E-state index contributed by atoms with van der Waals surface area (Å²) in [6.45, 7) is 3.95. The van der Waals surface area contributed by atoms with Crippen molar-refractivity contribution >= 4 is 23.5 Å². The molecule has 0 bridgehead atoms. The highest BCUT2D eigenvalue weighted by molar-refractivity contribution is 8.00. The van der Waals surface area contributed by atoms with E-state index in [-0.39, 0.29) is 17.3 Å². The van der Waals surface area contributed by atoms with Crippen LogP contribution in [0.4, 0.5) is 5.82 Å². The lowest BCUT2D eigenvalue weighted by Crippen LogP contribution is -2.12. The second-order valence-corrected chi connectivity index (χ2v) is 6.61. The van der Waals surface area contributed by atoms with Gasteiger partial charge in [-0.3, -0.25) is 9.89 Å². The standard InChI is InChI=1S/C16H19N3O3S/c1-9(2)22-12-5-4-10(6-13(12)21-3)15-11-7-17-19-16(11)18-14(20)8-23-15/h4-7,9,15H,8H2,1-3H3,(H2,17,18,19,20). The Morgan fingerprint density at radius 3 is 2.91 bits per heavy atom. The van der Waals surface area contributed by atoms with Crippen molar-refractivity contribution < 1.29 is 14.3 Å². The molecule has 2 heterocycles. The molecule has 0 aliphatic carbocycles. The molecular weight excluding hydrogens is 314 g/mol. The van der Waals surface area contributed by atoms with Crippen molar-refractivity contribution in [3.05, 3.63) is 35.5 Å². The first kappa shape index (κ1) is 15.7. The van der Waals surface area contributed by atoms with Gasteiger partial charge in [-0.05, 0) is 31.5 Å². The van der Waals surface area contributed by atoms with Crippen LogP contribution in [0.2, 0.25) is 0 Å². The van der Waals surface area contributed by atoms with Crippen LogP contribution >= 0.6 is 11.8 Å². The summed E-state index contributed by atoms with van der Waals surface area (Å²) in [6.07, 6.45) is 1.83. The van der Waals surface area contributed by atoms with Crippen LogP contribution in [0.1, 0.15) is 30.2 Å². The van der Waals surface area contributed by atoms with Gasteiger partial charge in [0, 0.05) is 5.56 Å². The summed E-state index contributed by atoms with van der Waals surface area (Å²) in [5, 5.41) is 9.73. The predicted octanol–water partition coefficient (Wildman–Crippen LogP) is 2.98. The van der Waals surface area contributed by atoms with Gasteiger partial charge in [0.15, 0.2) is 11.5 Å². The van der Waals surface area contributed by atoms with Gasteiger partial charge in [0.2, 0.25) is 5.91 Å². The average molecular weight is 333 g/mol. The minimum atomic E-state index is -0.0327. The van der Waals surface area contributed by atoms with Crippen molar-refractivity contribution in [1.82, 2.24) is 10.2 Å². The molecule has 0 saturated heterocycles. The van der Waals surface area contributed by atoms with Crippen molar-refractivity contribution in [3.8, 4) is 11.5 Å². The zero-order valence-electron chi connectivity index (χ0n) is 13.3. The molecule has 7 heteroatoms. The Morgan fingerprint density at radius 1 is 1.35 bits per heavy atom. The van der Waals surface area contributed by atoms with E-state index < -0.39 is 0 Å². The monoisotopic (exact) mass is 333 g/mol. The molecule has 0 saturated carbocycles.